The molecule has 2 amide bonds. The predicted molar refractivity (Wildman–Crippen MR) is 108 cm³/mol. The largest absolute Gasteiger partial charge is 0.495 e. The number of amides is 2. The third kappa shape index (κ3) is 4.08. The Kier molecular flexibility index (Phi) is 5.71. The van der Waals surface area contributed by atoms with Crippen molar-refractivity contribution in [2.24, 2.45) is 5.92 Å². The fourth-order valence-electron chi connectivity index (χ4n) is 3.31. The molecule has 1 N–H and O–H groups in total. The molecule has 0 radical (unpaired) electrons. The lowest BCUT2D eigenvalue weighted by Gasteiger charge is -2.18. The van der Waals surface area contributed by atoms with E-state index in [-0.39, 0.29) is 18.2 Å². The van der Waals surface area contributed by atoms with Gasteiger partial charge in [0.15, 0.2) is 0 Å². The highest BCUT2D eigenvalue weighted by molar-refractivity contribution is 6.32. The number of ether oxygens (including phenoxy) is 1. The summed E-state index contributed by atoms with van der Waals surface area (Å²) in [5.74, 6) is 0.210. The Bertz CT molecular complexity index is 866. The molecule has 1 aliphatic heterocycles. The summed E-state index contributed by atoms with van der Waals surface area (Å²) in [6, 6.07) is 12.9. The molecule has 0 aromatic heterocycles. The van der Waals surface area contributed by atoms with E-state index in [4.69, 9.17) is 16.3 Å². The highest BCUT2D eigenvalue weighted by Crippen LogP contribution is 2.33. The summed E-state index contributed by atoms with van der Waals surface area (Å²) in [6.07, 6.45) is 0.180. The first-order chi connectivity index (χ1) is 12.9. The second-order valence-electron chi connectivity index (χ2n) is 6.96. The summed E-state index contributed by atoms with van der Waals surface area (Å²) >= 11 is 6.17. The average Bonchev–Trinajstić information content (AvgIpc) is 3.04. The highest BCUT2D eigenvalue weighted by Gasteiger charge is 2.35. The summed E-state index contributed by atoms with van der Waals surface area (Å²) in [7, 11) is 1.54. The first-order valence-corrected chi connectivity index (χ1v) is 9.32. The SMILES string of the molecule is COc1ccc(N2CC(C(=O)Nc3ccccc3C(C)C)CC2=O)cc1Cl. The molecule has 1 aliphatic rings. The van der Waals surface area contributed by atoms with Gasteiger partial charge in [0.25, 0.3) is 0 Å². The summed E-state index contributed by atoms with van der Waals surface area (Å²) in [5, 5.41) is 3.42. The standard InChI is InChI=1S/C21H23ClN2O3/c1-13(2)16-6-4-5-7-18(16)23-21(26)14-10-20(25)24(12-14)15-8-9-19(27-3)17(22)11-15/h4-9,11,13-14H,10,12H2,1-3H3,(H,23,26). The number of hydrogen-bond donors (Lipinski definition) is 1. The van der Waals surface area contributed by atoms with Crippen LogP contribution in [0.1, 0.15) is 31.7 Å². The van der Waals surface area contributed by atoms with Crippen LogP contribution in [0.15, 0.2) is 42.5 Å². The van der Waals surface area contributed by atoms with Crippen LogP contribution in [0.2, 0.25) is 5.02 Å². The topological polar surface area (TPSA) is 58.6 Å². The zero-order valence-corrected chi connectivity index (χ0v) is 16.4. The molecule has 0 aliphatic carbocycles. The van der Waals surface area contributed by atoms with Gasteiger partial charge in [-0.15, -0.1) is 0 Å². The number of halogens is 1. The van der Waals surface area contributed by atoms with Crippen LogP contribution < -0.4 is 15.0 Å². The minimum absolute atomic E-state index is 0.0893. The highest BCUT2D eigenvalue weighted by atomic mass is 35.5. The molecule has 0 bridgehead atoms. The third-order valence-electron chi connectivity index (χ3n) is 4.78. The van der Waals surface area contributed by atoms with E-state index in [1.54, 1.807) is 23.1 Å². The molecular formula is C21H23ClN2O3. The van der Waals surface area contributed by atoms with Gasteiger partial charge in [-0.2, -0.15) is 0 Å². The van der Waals surface area contributed by atoms with Crippen molar-refractivity contribution in [2.75, 3.05) is 23.9 Å². The van der Waals surface area contributed by atoms with Gasteiger partial charge in [-0.25, -0.2) is 0 Å². The van der Waals surface area contributed by atoms with Gasteiger partial charge in [0.05, 0.1) is 18.1 Å². The Labute approximate surface area is 164 Å². The smallest absolute Gasteiger partial charge is 0.229 e. The van der Waals surface area contributed by atoms with Crippen LogP contribution in [0.4, 0.5) is 11.4 Å². The minimum atomic E-state index is -0.404. The maximum Gasteiger partial charge on any atom is 0.229 e. The van der Waals surface area contributed by atoms with E-state index in [1.165, 1.54) is 7.11 Å². The number of nitrogens with one attached hydrogen (secondary N) is 1. The Morgan fingerprint density at radius 2 is 2.00 bits per heavy atom. The van der Waals surface area contributed by atoms with E-state index in [9.17, 15) is 9.59 Å². The van der Waals surface area contributed by atoms with Gasteiger partial charge in [0, 0.05) is 24.3 Å². The van der Waals surface area contributed by atoms with Gasteiger partial charge in [0.1, 0.15) is 5.75 Å². The molecule has 2 aromatic carbocycles. The lowest BCUT2D eigenvalue weighted by atomic mass is 10.0. The predicted octanol–water partition coefficient (Wildman–Crippen LogP) is 4.46. The lowest BCUT2D eigenvalue weighted by Crippen LogP contribution is -2.28. The first-order valence-electron chi connectivity index (χ1n) is 8.94. The normalized spacial score (nSPS) is 16.7. The number of nitrogens with zero attached hydrogens (tertiary/aromatic N) is 1. The van der Waals surface area contributed by atoms with E-state index in [0.29, 0.717) is 28.9 Å². The molecule has 27 heavy (non-hydrogen) atoms. The second-order valence-corrected chi connectivity index (χ2v) is 7.36. The number of rotatable bonds is 5. The summed E-state index contributed by atoms with van der Waals surface area (Å²) in [6.45, 7) is 4.50. The van der Waals surface area contributed by atoms with Crippen LogP contribution in [0.25, 0.3) is 0 Å². The molecule has 142 valence electrons. The molecule has 0 spiro atoms. The van der Waals surface area contributed by atoms with Crippen LogP contribution in [-0.2, 0) is 9.59 Å². The molecule has 1 unspecified atom stereocenters. The van der Waals surface area contributed by atoms with Crippen LogP contribution in [-0.4, -0.2) is 25.5 Å². The van der Waals surface area contributed by atoms with Gasteiger partial charge in [-0.3, -0.25) is 9.59 Å². The van der Waals surface area contributed by atoms with E-state index in [0.717, 1.165) is 11.3 Å². The Morgan fingerprint density at radius 1 is 1.26 bits per heavy atom. The molecule has 5 nitrogen and oxygen atoms in total. The number of carbonyl (C=O) groups excluding carboxylic acids is 2. The summed E-state index contributed by atoms with van der Waals surface area (Å²) in [4.78, 5) is 26.8. The molecule has 1 saturated heterocycles. The van der Waals surface area contributed by atoms with Gasteiger partial charge >= 0.3 is 0 Å². The quantitative estimate of drug-likeness (QED) is 0.825. The van der Waals surface area contributed by atoms with Crippen LogP contribution >= 0.6 is 11.6 Å². The fourth-order valence-corrected chi connectivity index (χ4v) is 3.56. The molecule has 6 heteroatoms. The average molecular weight is 387 g/mol. The van der Waals surface area contributed by atoms with Crippen molar-refractivity contribution in [3.63, 3.8) is 0 Å². The molecule has 0 saturated carbocycles. The van der Waals surface area contributed by atoms with Crippen LogP contribution in [0, 0.1) is 5.92 Å². The maximum absolute atomic E-state index is 12.7. The third-order valence-corrected chi connectivity index (χ3v) is 5.08. The van der Waals surface area contributed by atoms with Crippen molar-refractivity contribution in [1.82, 2.24) is 0 Å². The summed E-state index contributed by atoms with van der Waals surface area (Å²) in [5.41, 5.74) is 2.55. The molecule has 1 heterocycles. The molecule has 1 atom stereocenters. The van der Waals surface area contributed by atoms with Gasteiger partial charge < -0.3 is 15.0 Å². The number of methoxy groups -OCH3 is 1. The Hall–Kier alpha value is -2.53. The summed E-state index contributed by atoms with van der Waals surface area (Å²) < 4.78 is 5.15. The van der Waals surface area contributed by atoms with E-state index >= 15 is 0 Å². The van der Waals surface area contributed by atoms with Crippen molar-refractivity contribution in [3.8, 4) is 5.75 Å². The number of benzene rings is 2. The molecular weight excluding hydrogens is 364 g/mol. The molecule has 2 aromatic rings. The maximum atomic E-state index is 12.7. The first kappa shape index (κ1) is 19.2. The van der Waals surface area contributed by atoms with Crippen molar-refractivity contribution in [3.05, 3.63) is 53.1 Å². The number of hydrogen-bond acceptors (Lipinski definition) is 3. The number of anilines is 2. The molecule has 1 fully saturated rings. The van der Waals surface area contributed by atoms with Gasteiger partial charge in [-0.1, -0.05) is 43.6 Å². The zero-order valence-electron chi connectivity index (χ0n) is 15.7. The van der Waals surface area contributed by atoms with E-state index < -0.39 is 5.92 Å². The van der Waals surface area contributed by atoms with Crippen molar-refractivity contribution < 1.29 is 14.3 Å². The molecule has 3 rings (SSSR count). The second kappa shape index (κ2) is 8.01. The number of para-hydroxylation sites is 1. The van der Waals surface area contributed by atoms with Crippen LogP contribution in [0.5, 0.6) is 5.75 Å². The van der Waals surface area contributed by atoms with E-state index in [1.807, 2.05) is 24.3 Å². The monoisotopic (exact) mass is 386 g/mol. The fraction of sp³-hybridized carbons (Fsp3) is 0.333. The van der Waals surface area contributed by atoms with Gasteiger partial charge in [-0.05, 0) is 35.7 Å². The van der Waals surface area contributed by atoms with Crippen molar-refractivity contribution >= 4 is 34.8 Å². The zero-order chi connectivity index (χ0) is 19.6. The van der Waals surface area contributed by atoms with Crippen molar-refractivity contribution in [1.29, 1.82) is 0 Å². The Balaban J connectivity index is 1.74. The number of carbonyl (C=O) groups is 2. The lowest BCUT2D eigenvalue weighted by molar-refractivity contribution is -0.122. The van der Waals surface area contributed by atoms with Crippen molar-refractivity contribution in [2.45, 2.75) is 26.2 Å². The Morgan fingerprint density at radius 3 is 2.67 bits per heavy atom. The van der Waals surface area contributed by atoms with E-state index in [2.05, 4.69) is 19.2 Å². The van der Waals surface area contributed by atoms with Crippen LogP contribution in [0.3, 0.4) is 0 Å². The minimum Gasteiger partial charge on any atom is -0.495 e. The van der Waals surface area contributed by atoms with Gasteiger partial charge in [0.2, 0.25) is 11.8 Å².